The van der Waals surface area contributed by atoms with E-state index < -0.39 is 17.4 Å². The van der Waals surface area contributed by atoms with Crippen molar-refractivity contribution in [1.29, 1.82) is 5.41 Å². The summed E-state index contributed by atoms with van der Waals surface area (Å²) in [5.41, 5.74) is 9.51. The van der Waals surface area contributed by atoms with Crippen LogP contribution in [0.3, 0.4) is 0 Å². The van der Waals surface area contributed by atoms with Crippen molar-refractivity contribution in [2.75, 3.05) is 10.9 Å². The summed E-state index contributed by atoms with van der Waals surface area (Å²) in [5.74, 6) is -0.0453. The normalized spacial score (nSPS) is 12.7. The Labute approximate surface area is 244 Å². The highest BCUT2D eigenvalue weighted by Crippen LogP contribution is 2.33. The summed E-state index contributed by atoms with van der Waals surface area (Å²) in [5, 5.41) is 19.8. The average molecular weight is 587 g/mol. The molecule has 2 heterocycles. The number of aliphatic hydroxyl groups is 1. The highest BCUT2D eigenvalue weighted by atomic mass is 32.2. The van der Waals surface area contributed by atoms with Gasteiger partial charge in [-0.3, -0.25) is 19.7 Å². The molecule has 0 aliphatic carbocycles. The van der Waals surface area contributed by atoms with E-state index in [9.17, 15) is 18.7 Å². The molecule has 5 N–H and O–H groups in total. The van der Waals surface area contributed by atoms with Crippen molar-refractivity contribution in [3.05, 3.63) is 95.9 Å². The van der Waals surface area contributed by atoms with Crippen molar-refractivity contribution in [3.63, 3.8) is 0 Å². The minimum Gasteiger partial charge on any atom is -0.466 e. The SMILES string of the molecule is CCOC(=O)CCCn1c(C(O)c2ccc(C(=N)N)cc2)nc2cc(N(c3ccc4ncccc4c3)S(=O)O)ccc21. The van der Waals surface area contributed by atoms with Crippen molar-refractivity contribution < 1.29 is 23.4 Å². The Bertz CT molecular complexity index is 1790. The lowest BCUT2D eigenvalue weighted by molar-refractivity contribution is -0.143. The first-order chi connectivity index (χ1) is 20.3. The monoisotopic (exact) mass is 586 g/mol. The number of rotatable bonds is 11. The third-order valence-electron chi connectivity index (χ3n) is 6.82. The number of hydrogen-bond acceptors (Lipinski definition) is 7. The topological polar surface area (TPSA) is 168 Å². The summed E-state index contributed by atoms with van der Waals surface area (Å²) >= 11 is -2.40. The molecule has 0 amide bonds. The van der Waals surface area contributed by atoms with Gasteiger partial charge in [-0.05, 0) is 61.4 Å². The van der Waals surface area contributed by atoms with Gasteiger partial charge in [0.25, 0.3) is 11.3 Å². The molecule has 2 atom stereocenters. The Hall–Kier alpha value is -4.65. The summed E-state index contributed by atoms with van der Waals surface area (Å²) in [6, 6.07) is 20.8. The van der Waals surface area contributed by atoms with Crippen LogP contribution in [-0.4, -0.2) is 46.8 Å². The van der Waals surface area contributed by atoms with Crippen LogP contribution in [0.15, 0.2) is 79.0 Å². The molecule has 0 aliphatic heterocycles. The largest absolute Gasteiger partial charge is 0.466 e. The Morgan fingerprint density at radius 1 is 1.10 bits per heavy atom. The van der Waals surface area contributed by atoms with Gasteiger partial charge in [0.15, 0.2) is 0 Å². The number of nitrogens with zero attached hydrogens (tertiary/aromatic N) is 4. The van der Waals surface area contributed by atoms with E-state index >= 15 is 0 Å². The van der Waals surface area contributed by atoms with Crippen LogP contribution >= 0.6 is 0 Å². The fourth-order valence-electron chi connectivity index (χ4n) is 4.83. The molecular formula is C30H30N6O5S. The summed E-state index contributed by atoms with van der Waals surface area (Å²) < 4.78 is 31.0. The van der Waals surface area contributed by atoms with E-state index in [1.807, 2.05) is 10.6 Å². The minimum absolute atomic E-state index is 0.0803. The Kier molecular flexibility index (Phi) is 8.57. The third-order valence-corrected chi connectivity index (χ3v) is 7.56. The van der Waals surface area contributed by atoms with Gasteiger partial charge in [0.2, 0.25) is 0 Å². The smallest absolute Gasteiger partial charge is 0.305 e. The van der Waals surface area contributed by atoms with Crippen LogP contribution in [0.25, 0.3) is 21.9 Å². The highest BCUT2D eigenvalue weighted by Gasteiger charge is 2.23. The molecule has 0 saturated carbocycles. The van der Waals surface area contributed by atoms with E-state index in [1.165, 1.54) is 4.31 Å². The lowest BCUT2D eigenvalue weighted by atomic mass is 10.1. The molecule has 5 aromatic rings. The van der Waals surface area contributed by atoms with E-state index in [4.69, 9.17) is 20.9 Å². The van der Waals surface area contributed by atoms with Gasteiger partial charge >= 0.3 is 5.97 Å². The van der Waals surface area contributed by atoms with E-state index in [-0.39, 0.29) is 18.2 Å². The number of imidazole rings is 1. The zero-order valence-electron chi connectivity index (χ0n) is 22.8. The molecule has 0 saturated heterocycles. The number of nitrogens with two attached hydrogens (primary N) is 1. The van der Waals surface area contributed by atoms with Crippen LogP contribution in [0, 0.1) is 5.41 Å². The van der Waals surface area contributed by atoms with Crippen LogP contribution in [-0.2, 0) is 27.3 Å². The van der Waals surface area contributed by atoms with Gasteiger partial charge < -0.3 is 20.1 Å². The van der Waals surface area contributed by atoms with E-state index in [0.29, 0.717) is 58.9 Å². The quantitative estimate of drug-likeness (QED) is 0.0755. The Morgan fingerprint density at radius 2 is 1.83 bits per heavy atom. The molecule has 0 fully saturated rings. The predicted molar refractivity (Wildman–Crippen MR) is 162 cm³/mol. The first-order valence-corrected chi connectivity index (χ1v) is 14.4. The van der Waals surface area contributed by atoms with E-state index in [1.54, 1.807) is 79.9 Å². The molecule has 0 bridgehead atoms. The fraction of sp³-hybridized carbons (Fsp3) is 0.200. The maximum atomic E-state index is 12.6. The molecule has 2 aromatic heterocycles. The summed E-state index contributed by atoms with van der Waals surface area (Å²) in [7, 11) is 0. The zero-order chi connectivity index (χ0) is 29.8. The highest BCUT2D eigenvalue weighted by molar-refractivity contribution is 7.81. The maximum absolute atomic E-state index is 12.6. The average Bonchev–Trinajstić information content (AvgIpc) is 3.34. The number of anilines is 2. The molecule has 5 rings (SSSR count). The van der Waals surface area contributed by atoms with Crippen LogP contribution in [0.4, 0.5) is 11.4 Å². The fourth-order valence-corrected chi connectivity index (χ4v) is 5.42. The molecule has 0 spiro atoms. The Balaban J connectivity index is 1.55. The predicted octanol–water partition coefficient (Wildman–Crippen LogP) is 4.57. The number of benzene rings is 3. The number of carbonyl (C=O) groups is 1. The first-order valence-electron chi connectivity index (χ1n) is 13.3. The van der Waals surface area contributed by atoms with Gasteiger partial charge in [-0.15, -0.1) is 0 Å². The zero-order valence-corrected chi connectivity index (χ0v) is 23.6. The van der Waals surface area contributed by atoms with Crippen molar-refractivity contribution in [3.8, 4) is 0 Å². The van der Waals surface area contributed by atoms with Gasteiger partial charge in [0, 0.05) is 30.1 Å². The van der Waals surface area contributed by atoms with E-state index in [0.717, 1.165) is 10.9 Å². The number of ether oxygens (including phenoxy) is 1. The summed E-state index contributed by atoms with van der Waals surface area (Å²) in [6.07, 6.45) is 1.21. The van der Waals surface area contributed by atoms with Crippen LogP contribution in [0.5, 0.6) is 0 Å². The molecular weight excluding hydrogens is 556 g/mol. The number of aliphatic hydroxyl groups excluding tert-OH is 1. The van der Waals surface area contributed by atoms with Crippen LogP contribution < -0.4 is 10.0 Å². The maximum Gasteiger partial charge on any atom is 0.305 e. The summed E-state index contributed by atoms with van der Waals surface area (Å²) in [6.45, 7) is 2.42. The molecule has 0 radical (unpaired) electrons. The van der Waals surface area contributed by atoms with E-state index in [2.05, 4.69) is 4.98 Å². The Morgan fingerprint density at radius 3 is 2.55 bits per heavy atom. The second-order valence-corrected chi connectivity index (χ2v) is 10.4. The number of nitrogen functional groups attached to an aromatic ring is 1. The second-order valence-electron chi connectivity index (χ2n) is 9.55. The molecule has 12 heteroatoms. The molecule has 3 aromatic carbocycles. The molecule has 42 heavy (non-hydrogen) atoms. The number of pyridine rings is 1. The second kappa shape index (κ2) is 12.5. The number of amidine groups is 1. The van der Waals surface area contributed by atoms with Crippen molar-refractivity contribution in [2.24, 2.45) is 5.73 Å². The number of fused-ring (bicyclic) bond motifs is 2. The van der Waals surface area contributed by atoms with Crippen molar-refractivity contribution >= 4 is 56.4 Å². The van der Waals surface area contributed by atoms with Gasteiger partial charge in [-0.25, -0.2) is 13.5 Å². The number of hydrogen-bond donors (Lipinski definition) is 4. The van der Waals surface area contributed by atoms with Gasteiger partial charge in [-0.2, -0.15) is 0 Å². The molecule has 11 nitrogen and oxygen atoms in total. The minimum atomic E-state index is -2.40. The molecule has 2 unspecified atom stereocenters. The number of carbonyl (C=O) groups excluding carboxylic acids is 1. The van der Waals surface area contributed by atoms with Crippen LogP contribution in [0.1, 0.15) is 42.8 Å². The molecule has 0 aliphatic rings. The van der Waals surface area contributed by atoms with Crippen LogP contribution in [0.2, 0.25) is 0 Å². The third kappa shape index (κ3) is 6.00. The number of aryl methyl sites for hydroxylation is 1. The van der Waals surface area contributed by atoms with Crippen molar-refractivity contribution in [1.82, 2.24) is 14.5 Å². The molecule has 216 valence electrons. The van der Waals surface area contributed by atoms with Gasteiger partial charge in [0.1, 0.15) is 17.8 Å². The number of esters is 1. The lowest BCUT2D eigenvalue weighted by Crippen LogP contribution is -2.19. The van der Waals surface area contributed by atoms with Gasteiger partial charge in [0.05, 0.1) is 34.5 Å². The van der Waals surface area contributed by atoms with Gasteiger partial charge in [-0.1, -0.05) is 30.3 Å². The number of aromatic nitrogens is 3. The first kappa shape index (κ1) is 28.9. The standard InChI is InChI=1S/C30H30N6O5S/c1-2-41-27(37)6-4-16-35-26-14-12-23(36(42(39)40)22-11-13-24-21(17-22)5-3-15-33-24)18-25(26)34-30(35)28(38)19-7-9-20(10-8-19)29(31)32/h3,5,7-15,17-18,28,38H,2,4,6,16H2,1H3,(H3,31,32)(H,39,40). The lowest BCUT2D eigenvalue weighted by Gasteiger charge is -2.20. The van der Waals surface area contributed by atoms with Crippen molar-refractivity contribution in [2.45, 2.75) is 32.4 Å². The summed E-state index contributed by atoms with van der Waals surface area (Å²) in [4.78, 5) is 21.0. The number of nitrogens with one attached hydrogen (secondary N) is 1.